The van der Waals surface area contributed by atoms with Gasteiger partial charge in [0.15, 0.2) is 11.5 Å². The molecule has 2 rings (SSSR count). The van der Waals surface area contributed by atoms with Gasteiger partial charge >= 0.3 is 11.8 Å². The molecule has 2 aromatic carbocycles. The van der Waals surface area contributed by atoms with E-state index in [0.717, 1.165) is 17.5 Å². The molecular formula is C22H28N2O4. The van der Waals surface area contributed by atoms with Crippen molar-refractivity contribution in [3.05, 3.63) is 53.6 Å². The van der Waals surface area contributed by atoms with Crippen molar-refractivity contribution in [3.63, 3.8) is 0 Å². The van der Waals surface area contributed by atoms with Crippen molar-refractivity contribution in [3.8, 4) is 11.5 Å². The molecule has 28 heavy (non-hydrogen) atoms. The zero-order valence-corrected chi connectivity index (χ0v) is 17.1. The van der Waals surface area contributed by atoms with Crippen LogP contribution in [-0.2, 0) is 21.4 Å². The molecule has 2 aromatic rings. The van der Waals surface area contributed by atoms with Crippen molar-refractivity contribution >= 4 is 17.5 Å². The number of aryl methyl sites for hydroxylation is 1. The first-order chi connectivity index (χ1) is 13.3. The van der Waals surface area contributed by atoms with E-state index in [1.165, 1.54) is 0 Å². The minimum absolute atomic E-state index is 0.103. The Morgan fingerprint density at radius 3 is 2.32 bits per heavy atom. The van der Waals surface area contributed by atoms with Gasteiger partial charge in [0, 0.05) is 5.69 Å². The van der Waals surface area contributed by atoms with Crippen molar-refractivity contribution in [2.24, 2.45) is 0 Å². The van der Waals surface area contributed by atoms with Crippen LogP contribution in [0.25, 0.3) is 0 Å². The number of hydrogen-bond acceptors (Lipinski definition) is 4. The number of ether oxygens (including phenoxy) is 1. The number of rotatable bonds is 6. The van der Waals surface area contributed by atoms with E-state index in [1.54, 1.807) is 24.3 Å². The van der Waals surface area contributed by atoms with Crippen molar-refractivity contribution < 1.29 is 19.2 Å². The summed E-state index contributed by atoms with van der Waals surface area (Å²) in [5, 5.41) is 2.61. The summed E-state index contributed by atoms with van der Waals surface area (Å²) in [6, 6.07) is 12.9. The molecule has 0 spiro atoms. The lowest BCUT2D eigenvalue weighted by Gasteiger charge is -2.21. The minimum atomic E-state index is -0.894. The van der Waals surface area contributed by atoms with Gasteiger partial charge in [-0.25, -0.2) is 0 Å². The lowest BCUT2D eigenvalue weighted by atomic mass is 9.87. The molecule has 0 bridgehead atoms. The third-order valence-corrected chi connectivity index (χ3v) is 4.22. The van der Waals surface area contributed by atoms with E-state index in [4.69, 9.17) is 9.57 Å². The molecule has 6 heteroatoms. The van der Waals surface area contributed by atoms with E-state index in [9.17, 15) is 9.59 Å². The molecule has 0 aromatic heterocycles. The Hall–Kier alpha value is -3.02. The molecule has 0 atom stereocenters. The zero-order chi connectivity index (χ0) is 20.7. The molecule has 0 aliphatic rings. The Labute approximate surface area is 166 Å². The number of benzene rings is 2. The fraction of sp³-hybridized carbons (Fsp3) is 0.364. The van der Waals surface area contributed by atoms with Crippen molar-refractivity contribution in [1.82, 2.24) is 5.48 Å². The minimum Gasteiger partial charge on any atom is -0.490 e. The Morgan fingerprint density at radius 1 is 0.964 bits per heavy atom. The second-order valence-electron chi connectivity index (χ2n) is 7.34. The predicted molar refractivity (Wildman–Crippen MR) is 110 cm³/mol. The van der Waals surface area contributed by atoms with Crippen LogP contribution >= 0.6 is 0 Å². The van der Waals surface area contributed by atoms with Crippen LogP contribution in [-0.4, -0.2) is 18.4 Å². The smallest absolute Gasteiger partial charge is 0.342 e. The molecule has 0 aliphatic carbocycles. The van der Waals surface area contributed by atoms with Gasteiger partial charge in [-0.3, -0.25) is 9.59 Å². The SMILES string of the molecule is CCOc1ccc(C(C)(C)C)cc1ONC(=O)C(=O)Nc1ccccc1CC. The van der Waals surface area contributed by atoms with Gasteiger partial charge in [0.05, 0.1) is 6.61 Å². The highest BCUT2D eigenvalue weighted by molar-refractivity contribution is 6.39. The van der Waals surface area contributed by atoms with Crippen LogP contribution in [0.3, 0.4) is 0 Å². The molecule has 0 heterocycles. The third kappa shape index (κ3) is 5.49. The fourth-order valence-electron chi connectivity index (χ4n) is 2.61. The normalized spacial score (nSPS) is 10.9. The van der Waals surface area contributed by atoms with Gasteiger partial charge < -0.3 is 14.9 Å². The lowest BCUT2D eigenvalue weighted by molar-refractivity contribution is -0.140. The molecule has 0 fully saturated rings. The second-order valence-corrected chi connectivity index (χ2v) is 7.34. The average Bonchev–Trinajstić information content (AvgIpc) is 2.66. The lowest BCUT2D eigenvalue weighted by Crippen LogP contribution is -2.37. The molecule has 0 saturated heterocycles. The molecule has 0 saturated carbocycles. The van der Waals surface area contributed by atoms with Crippen molar-refractivity contribution in [1.29, 1.82) is 0 Å². The number of carbonyl (C=O) groups is 2. The van der Waals surface area contributed by atoms with Gasteiger partial charge in [0.2, 0.25) is 0 Å². The highest BCUT2D eigenvalue weighted by Gasteiger charge is 2.19. The van der Waals surface area contributed by atoms with Crippen LogP contribution in [0.4, 0.5) is 5.69 Å². The molecule has 6 nitrogen and oxygen atoms in total. The summed E-state index contributed by atoms with van der Waals surface area (Å²) in [5.74, 6) is -0.850. The second kappa shape index (κ2) is 9.26. The summed E-state index contributed by atoms with van der Waals surface area (Å²) in [5.41, 5.74) is 4.67. The van der Waals surface area contributed by atoms with Gasteiger partial charge in [-0.05, 0) is 48.1 Å². The van der Waals surface area contributed by atoms with Crippen LogP contribution in [0, 0.1) is 0 Å². The van der Waals surface area contributed by atoms with Crippen LogP contribution in [0.5, 0.6) is 11.5 Å². The summed E-state index contributed by atoms with van der Waals surface area (Å²) in [6.45, 7) is 10.5. The maximum Gasteiger partial charge on any atom is 0.342 e. The van der Waals surface area contributed by atoms with Gasteiger partial charge in [-0.1, -0.05) is 52.0 Å². The summed E-state index contributed by atoms with van der Waals surface area (Å²) < 4.78 is 5.55. The number of para-hydroxylation sites is 1. The highest BCUT2D eigenvalue weighted by Crippen LogP contribution is 2.33. The van der Waals surface area contributed by atoms with E-state index in [-0.39, 0.29) is 5.41 Å². The number of hydrogen-bond donors (Lipinski definition) is 2. The first kappa shape index (κ1) is 21.3. The molecule has 0 aliphatic heterocycles. The summed E-state index contributed by atoms with van der Waals surface area (Å²) in [4.78, 5) is 29.8. The Bertz CT molecular complexity index is 841. The van der Waals surface area contributed by atoms with E-state index in [2.05, 4.69) is 31.6 Å². The number of carbonyl (C=O) groups excluding carboxylic acids is 2. The first-order valence-electron chi connectivity index (χ1n) is 9.39. The monoisotopic (exact) mass is 384 g/mol. The Balaban J connectivity index is 2.09. The standard InChI is InChI=1S/C22H28N2O4/c1-6-15-10-8-9-11-17(15)23-20(25)21(26)24-28-19-14-16(22(3,4)5)12-13-18(19)27-7-2/h8-14H,6-7H2,1-5H3,(H,23,25)(H,24,26). The fourth-order valence-corrected chi connectivity index (χ4v) is 2.61. The Morgan fingerprint density at radius 2 is 1.68 bits per heavy atom. The number of nitrogens with one attached hydrogen (secondary N) is 2. The van der Waals surface area contributed by atoms with Crippen molar-refractivity contribution in [2.75, 3.05) is 11.9 Å². The van der Waals surface area contributed by atoms with Crippen molar-refractivity contribution in [2.45, 2.75) is 46.5 Å². The molecule has 0 unspecified atom stereocenters. The quantitative estimate of drug-likeness (QED) is 0.583. The van der Waals surface area contributed by atoms with Crippen LogP contribution in [0.1, 0.15) is 45.7 Å². The van der Waals surface area contributed by atoms with Gasteiger partial charge in [0.25, 0.3) is 0 Å². The van der Waals surface area contributed by atoms with Crippen LogP contribution < -0.4 is 20.4 Å². The van der Waals surface area contributed by atoms with E-state index >= 15 is 0 Å². The molecule has 2 amide bonds. The molecule has 0 radical (unpaired) electrons. The largest absolute Gasteiger partial charge is 0.490 e. The highest BCUT2D eigenvalue weighted by atomic mass is 16.7. The summed E-state index contributed by atoms with van der Waals surface area (Å²) in [6.07, 6.45) is 0.742. The van der Waals surface area contributed by atoms with E-state index < -0.39 is 11.8 Å². The first-order valence-corrected chi connectivity index (χ1v) is 9.39. The van der Waals surface area contributed by atoms with Gasteiger partial charge in [-0.2, -0.15) is 5.48 Å². The average molecular weight is 384 g/mol. The predicted octanol–water partition coefficient (Wildman–Crippen LogP) is 3.99. The summed E-state index contributed by atoms with van der Waals surface area (Å²) in [7, 11) is 0. The van der Waals surface area contributed by atoms with Gasteiger partial charge in [0.1, 0.15) is 0 Å². The van der Waals surface area contributed by atoms with Crippen LogP contribution in [0.2, 0.25) is 0 Å². The number of amides is 2. The molecule has 2 N–H and O–H groups in total. The Kier molecular flexibility index (Phi) is 7.04. The van der Waals surface area contributed by atoms with Gasteiger partial charge in [-0.15, -0.1) is 0 Å². The maximum atomic E-state index is 12.2. The number of hydroxylamine groups is 1. The van der Waals surface area contributed by atoms with E-state index in [1.807, 2.05) is 32.0 Å². The molecular weight excluding hydrogens is 356 g/mol. The van der Waals surface area contributed by atoms with Crippen LogP contribution in [0.15, 0.2) is 42.5 Å². The van der Waals surface area contributed by atoms with E-state index in [0.29, 0.717) is 23.8 Å². The number of anilines is 1. The maximum absolute atomic E-state index is 12.2. The topological polar surface area (TPSA) is 76.7 Å². The summed E-state index contributed by atoms with van der Waals surface area (Å²) >= 11 is 0. The molecule has 150 valence electrons. The zero-order valence-electron chi connectivity index (χ0n) is 17.1. The third-order valence-electron chi connectivity index (χ3n) is 4.22.